The van der Waals surface area contributed by atoms with E-state index in [2.05, 4.69) is 27.3 Å². The van der Waals surface area contributed by atoms with Crippen molar-refractivity contribution in [1.82, 2.24) is 15.5 Å². The zero-order chi connectivity index (χ0) is 14.4. The minimum atomic E-state index is -0.191. The fourth-order valence-electron chi connectivity index (χ4n) is 1.47. The molecule has 2 rings (SSSR count). The van der Waals surface area contributed by atoms with Crippen LogP contribution in [0.4, 0.5) is 0 Å². The molecule has 0 aromatic carbocycles. The topological polar surface area (TPSA) is 88.2 Å². The van der Waals surface area contributed by atoms with Gasteiger partial charge in [0, 0.05) is 19.9 Å². The highest BCUT2D eigenvalue weighted by atomic mass is 32.1. The van der Waals surface area contributed by atoms with E-state index >= 15 is 0 Å². The van der Waals surface area contributed by atoms with Gasteiger partial charge in [0.25, 0.3) is 5.91 Å². The highest BCUT2D eigenvalue weighted by Crippen LogP contribution is 2.15. The van der Waals surface area contributed by atoms with Gasteiger partial charge in [0.15, 0.2) is 5.82 Å². The van der Waals surface area contributed by atoms with E-state index in [1.165, 1.54) is 11.3 Å². The first-order chi connectivity index (χ1) is 9.69. The maximum Gasteiger partial charge on any atom is 0.261 e. The van der Waals surface area contributed by atoms with Crippen molar-refractivity contribution in [3.8, 4) is 11.8 Å². The van der Waals surface area contributed by atoms with Crippen molar-refractivity contribution in [3.63, 3.8) is 0 Å². The van der Waals surface area contributed by atoms with Gasteiger partial charge in [0.1, 0.15) is 6.61 Å². The Morgan fingerprint density at radius 1 is 1.55 bits per heavy atom. The highest BCUT2D eigenvalue weighted by Gasteiger charge is 2.09. The van der Waals surface area contributed by atoms with Crippen LogP contribution in [0, 0.1) is 18.8 Å². The van der Waals surface area contributed by atoms with E-state index in [1.54, 1.807) is 19.1 Å². The Hall–Kier alpha value is -2.17. The van der Waals surface area contributed by atoms with E-state index in [0.29, 0.717) is 29.6 Å². The molecule has 2 aromatic heterocycles. The SMILES string of the molecule is Cc1nc(CCNC(=O)c2ccc(C#CCO)s2)no1. The number of aliphatic hydroxyl groups excluding tert-OH is 1. The van der Waals surface area contributed by atoms with Gasteiger partial charge in [-0.1, -0.05) is 17.0 Å². The van der Waals surface area contributed by atoms with Gasteiger partial charge < -0.3 is 14.9 Å². The average molecular weight is 291 g/mol. The molecule has 0 saturated heterocycles. The number of rotatable bonds is 4. The van der Waals surface area contributed by atoms with Crippen LogP contribution in [0.3, 0.4) is 0 Å². The van der Waals surface area contributed by atoms with Gasteiger partial charge in [-0.3, -0.25) is 4.79 Å². The molecule has 0 spiro atoms. The Labute approximate surface area is 119 Å². The van der Waals surface area contributed by atoms with E-state index in [-0.39, 0.29) is 12.5 Å². The molecular weight excluding hydrogens is 278 g/mol. The van der Waals surface area contributed by atoms with Gasteiger partial charge in [-0.2, -0.15) is 4.98 Å². The van der Waals surface area contributed by atoms with E-state index in [0.717, 1.165) is 4.88 Å². The Kier molecular flexibility index (Phi) is 4.87. The first kappa shape index (κ1) is 14.2. The Morgan fingerprint density at radius 2 is 2.40 bits per heavy atom. The van der Waals surface area contributed by atoms with Gasteiger partial charge in [0.2, 0.25) is 5.89 Å². The lowest BCUT2D eigenvalue weighted by atomic mass is 10.3. The van der Waals surface area contributed by atoms with Crippen molar-refractivity contribution in [1.29, 1.82) is 0 Å². The number of hydrogen-bond donors (Lipinski definition) is 2. The van der Waals surface area contributed by atoms with Crippen molar-refractivity contribution in [2.45, 2.75) is 13.3 Å². The van der Waals surface area contributed by atoms with Crippen molar-refractivity contribution in [3.05, 3.63) is 33.6 Å². The molecular formula is C13H13N3O3S. The molecule has 0 radical (unpaired) electrons. The standard InChI is InChI=1S/C13H13N3O3S/c1-9-15-12(16-19-9)6-7-14-13(18)11-5-4-10(20-11)3-2-8-17/h4-5,17H,6-8H2,1H3,(H,14,18). The number of carbonyl (C=O) groups is 1. The summed E-state index contributed by atoms with van der Waals surface area (Å²) in [5, 5.41) is 15.1. The maximum absolute atomic E-state index is 11.9. The van der Waals surface area contributed by atoms with Crippen molar-refractivity contribution < 1.29 is 14.4 Å². The molecule has 0 fully saturated rings. The lowest BCUT2D eigenvalue weighted by molar-refractivity contribution is 0.0958. The smallest absolute Gasteiger partial charge is 0.261 e. The molecule has 2 N–H and O–H groups in total. The summed E-state index contributed by atoms with van der Waals surface area (Å²) in [7, 11) is 0. The predicted octanol–water partition coefficient (Wildman–Crippen LogP) is 0.756. The fourth-order valence-corrected chi connectivity index (χ4v) is 2.27. The summed E-state index contributed by atoms with van der Waals surface area (Å²) in [6, 6.07) is 3.46. The molecule has 7 heteroatoms. The molecule has 104 valence electrons. The zero-order valence-corrected chi connectivity index (χ0v) is 11.7. The predicted molar refractivity (Wildman–Crippen MR) is 73.4 cm³/mol. The largest absolute Gasteiger partial charge is 0.384 e. The Balaban J connectivity index is 1.84. The molecule has 0 aliphatic carbocycles. The monoisotopic (exact) mass is 291 g/mol. The minimum absolute atomic E-state index is 0.160. The fraction of sp³-hybridized carbons (Fsp3) is 0.308. The summed E-state index contributed by atoms with van der Waals surface area (Å²) in [4.78, 5) is 17.2. The Morgan fingerprint density at radius 3 is 3.10 bits per heavy atom. The van der Waals surface area contributed by atoms with Crippen molar-refractivity contribution in [2.75, 3.05) is 13.2 Å². The number of nitrogens with zero attached hydrogens (tertiary/aromatic N) is 2. The molecule has 1 amide bonds. The molecule has 0 saturated carbocycles. The van der Waals surface area contributed by atoms with Crippen LogP contribution < -0.4 is 5.32 Å². The van der Waals surface area contributed by atoms with Crippen LogP contribution in [0.15, 0.2) is 16.7 Å². The second kappa shape index (κ2) is 6.84. The number of carbonyl (C=O) groups excluding carboxylic acids is 1. The molecule has 20 heavy (non-hydrogen) atoms. The van der Waals surface area contributed by atoms with Crippen LogP contribution in [0.25, 0.3) is 0 Å². The quantitative estimate of drug-likeness (QED) is 0.812. The molecule has 0 aliphatic heterocycles. The maximum atomic E-state index is 11.9. The second-order valence-electron chi connectivity index (χ2n) is 3.86. The van der Waals surface area contributed by atoms with Crippen LogP contribution in [-0.2, 0) is 6.42 Å². The van der Waals surface area contributed by atoms with E-state index in [1.807, 2.05) is 0 Å². The molecule has 2 aromatic rings. The molecule has 0 atom stereocenters. The number of aliphatic hydroxyl groups is 1. The summed E-state index contributed by atoms with van der Waals surface area (Å²) in [6.07, 6.45) is 0.519. The lowest BCUT2D eigenvalue weighted by Gasteiger charge is -2.00. The molecule has 2 heterocycles. The van der Waals surface area contributed by atoms with Crippen LogP contribution in [-0.4, -0.2) is 34.3 Å². The molecule has 0 aliphatic rings. The van der Waals surface area contributed by atoms with Gasteiger partial charge in [0.05, 0.1) is 9.75 Å². The first-order valence-electron chi connectivity index (χ1n) is 5.96. The van der Waals surface area contributed by atoms with Crippen molar-refractivity contribution >= 4 is 17.2 Å². The third-order valence-electron chi connectivity index (χ3n) is 2.32. The zero-order valence-electron chi connectivity index (χ0n) is 10.8. The summed E-state index contributed by atoms with van der Waals surface area (Å²) in [5.74, 6) is 6.23. The van der Waals surface area contributed by atoms with E-state index in [4.69, 9.17) is 9.63 Å². The first-order valence-corrected chi connectivity index (χ1v) is 6.77. The van der Waals surface area contributed by atoms with Crippen molar-refractivity contribution in [2.24, 2.45) is 0 Å². The number of hydrogen-bond acceptors (Lipinski definition) is 6. The number of aromatic nitrogens is 2. The van der Waals surface area contributed by atoms with E-state index < -0.39 is 0 Å². The number of amides is 1. The third kappa shape index (κ3) is 3.91. The van der Waals surface area contributed by atoms with Gasteiger partial charge >= 0.3 is 0 Å². The normalized spacial score (nSPS) is 9.90. The molecule has 0 bridgehead atoms. The lowest BCUT2D eigenvalue weighted by Crippen LogP contribution is -2.25. The van der Waals surface area contributed by atoms with Gasteiger partial charge in [-0.15, -0.1) is 11.3 Å². The van der Waals surface area contributed by atoms with Crippen LogP contribution in [0.5, 0.6) is 0 Å². The van der Waals surface area contributed by atoms with Gasteiger partial charge in [-0.05, 0) is 12.1 Å². The number of aryl methyl sites for hydroxylation is 1. The third-order valence-corrected chi connectivity index (χ3v) is 3.32. The summed E-state index contributed by atoms with van der Waals surface area (Å²) < 4.78 is 4.84. The minimum Gasteiger partial charge on any atom is -0.384 e. The number of nitrogens with one attached hydrogen (secondary N) is 1. The Bertz CT molecular complexity index is 651. The highest BCUT2D eigenvalue weighted by molar-refractivity contribution is 7.14. The number of thiophene rings is 1. The van der Waals surface area contributed by atoms with E-state index in [9.17, 15) is 4.79 Å². The second-order valence-corrected chi connectivity index (χ2v) is 4.94. The van der Waals surface area contributed by atoms with Crippen LogP contribution in [0.2, 0.25) is 0 Å². The summed E-state index contributed by atoms with van der Waals surface area (Å²) in [5.41, 5.74) is 0. The average Bonchev–Trinajstić information content (AvgIpc) is 3.05. The summed E-state index contributed by atoms with van der Waals surface area (Å²) in [6.45, 7) is 1.96. The van der Waals surface area contributed by atoms with Crippen LogP contribution >= 0.6 is 11.3 Å². The summed E-state index contributed by atoms with van der Waals surface area (Å²) >= 11 is 1.28. The molecule has 6 nitrogen and oxygen atoms in total. The van der Waals surface area contributed by atoms with Gasteiger partial charge in [-0.25, -0.2) is 0 Å². The molecule has 0 unspecified atom stereocenters. The van der Waals surface area contributed by atoms with Crippen LogP contribution in [0.1, 0.15) is 26.3 Å².